The van der Waals surface area contributed by atoms with Gasteiger partial charge in [0.15, 0.2) is 0 Å². The number of benzene rings is 2. The molecule has 2 aromatic carbocycles. The lowest BCUT2D eigenvalue weighted by atomic mass is 10.1. The fourth-order valence-corrected chi connectivity index (χ4v) is 2.15. The summed E-state index contributed by atoms with van der Waals surface area (Å²) in [4.78, 5) is 13.8. The molecule has 0 saturated carbocycles. The van der Waals surface area contributed by atoms with Crippen LogP contribution in [0.4, 0.5) is 14.5 Å². The molecule has 0 bridgehead atoms. The molecule has 0 aromatic heterocycles. The Morgan fingerprint density at radius 3 is 2.33 bits per heavy atom. The van der Waals surface area contributed by atoms with Gasteiger partial charge >= 0.3 is 0 Å². The van der Waals surface area contributed by atoms with Crippen molar-refractivity contribution in [1.29, 1.82) is 0 Å². The van der Waals surface area contributed by atoms with Crippen LogP contribution in [0.2, 0.25) is 0 Å². The van der Waals surface area contributed by atoms with Crippen molar-refractivity contribution in [3.8, 4) is 5.75 Å². The lowest BCUT2D eigenvalue weighted by molar-refractivity contribution is 0.0987. The predicted octanol–water partition coefficient (Wildman–Crippen LogP) is 3.65. The van der Waals surface area contributed by atoms with E-state index in [1.165, 1.54) is 17.0 Å². The van der Waals surface area contributed by atoms with Crippen LogP contribution in [0.1, 0.15) is 22.8 Å². The Morgan fingerprint density at radius 2 is 1.76 bits per heavy atom. The number of aryl methyl sites for hydroxylation is 1. The molecule has 0 fully saturated rings. The van der Waals surface area contributed by atoms with E-state index in [0.29, 0.717) is 18.3 Å². The van der Waals surface area contributed by atoms with Crippen LogP contribution >= 0.6 is 0 Å². The van der Waals surface area contributed by atoms with Crippen LogP contribution in [-0.4, -0.2) is 17.6 Å². The number of hydrogen-bond acceptors (Lipinski definition) is 2. The zero-order valence-corrected chi connectivity index (χ0v) is 11.7. The van der Waals surface area contributed by atoms with Gasteiger partial charge < -0.3 is 10.0 Å². The minimum Gasteiger partial charge on any atom is -0.508 e. The van der Waals surface area contributed by atoms with Crippen LogP contribution in [0.15, 0.2) is 36.4 Å². The molecule has 0 unspecified atom stereocenters. The van der Waals surface area contributed by atoms with Crippen LogP contribution in [0.5, 0.6) is 5.75 Å². The summed E-state index contributed by atoms with van der Waals surface area (Å²) in [5.41, 5.74) is 1.21. The summed E-state index contributed by atoms with van der Waals surface area (Å²) in [6, 6.07) is 7.34. The molecule has 110 valence electrons. The van der Waals surface area contributed by atoms with Crippen molar-refractivity contribution in [3.63, 3.8) is 0 Å². The highest BCUT2D eigenvalue weighted by Gasteiger charge is 2.19. The second kappa shape index (κ2) is 5.91. The summed E-state index contributed by atoms with van der Waals surface area (Å²) in [6.07, 6.45) is 0. The molecular weight excluding hydrogens is 276 g/mol. The molecule has 0 atom stereocenters. The highest BCUT2D eigenvalue weighted by molar-refractivity contribution is 6.06. The smallest absolute Gasteiger partial charge is 0.258 e. The number of phenols is 1. The quantitative estimate of drug-likeness (QED) is 0.937. The second-order valence-electron chi connectivity index (χ2n) is 4.68. The number of hydrogen-bond donors (Lipinski definition) is 1. The van der Waals surface area contributed by atoms with Crippen molar-refractivity contribution in [1.82, 2.24) is 0 Å². The van der Waals surface area contributed by atoms with Gasteiger partial charge in [-0.3, -0.25) is 4.79 Å². The van der Waals surface area contributed by atoms with Crippen molar-refractivity contribution in [2.45, 2.75) is 13.8 Å². The van der Waals surface area contributed by atoms with Gasteiger partial charge in [-0.25, -0.2) is 8.78 Å². The normalized spacial score (nSPS) is 10.5. The summed E-state index contributed by atoms with van der Waals surface area (Å²) in [7, 11) is 0. The number of halogens is 2. The molecule has 21 heavy (non-hydrogen) atoms. The van der Waals surface area contributed by atoms with Gasteiger partial charge in [0.2, 0.25) is 0 Å². The third-order valence-electron chi connectivity index (χ3n) is 3.15. The number of rotatable bonds is 3. The Bertz CT molecular complexity index is 666. The monoisotopic (exact) mass is 291 g/mol. The molecule has 0 aliphatic rings. The van der Waals surface area contributed by atoms with Gasteiger partial charge in [-0.05, 0) is 37.6 Å². The average molecular weight is 291 g/mol. The van der Waals surface area contributed by atoms with Gasteiger partial charge in [0.05, 0.1) is 5.69 Å². The zero-order chi connectivity index (χ0) is 15.6. The van der Waals surface area contributed by atoms with E-state index in [9.17, 15) is 18.7 Å². The number of carbonyl (C=O) groups excluding carboxylic acids is 1. The Hall–Kier alpha value is -2.43. The Labute approximate surface area is 121 Å². The first kappa shape index (κ1) is 15.0. The van der Waals surface area contributed by atoms with Crippen molar-refractivity contribution in [2.75, 3.05) is 11.4 Å². The minimum absolute atomic E-state index is 0.0206. The molecule has 2 aromatic rings. The molecule has 0 radical (unpaired) electrons. The van der Waals surface area contributed by atoms with Crippen LogP contribution in [0.3, 0.4) is 0 Å². The second-order valence-corrected chi connectivity index (χ2v) is 4.68. The number of phenolic OH excluding ortho intramolecular Hbond substituents is 1. The van der Waals surface area contributed by atoms with Gasteiger partial charge in [-0.1, -0.05) is 6.07 Å². The number of nitrogens with zero attached hydrogens (tertiary/aromatic N) is 1. The molecule has 3 nitrogen and oxygen atoms in total. The molecular formula is C16H15F2NO2. The summed E-state index contributed by atoms with van der Waals surface area (Å²) in [5, 5.41) is 9.56. The first-order chi connectivity index (χ1) is 9.92. The molecule has 1 amide bonds. The Balaban J connectivity index is 2.45. The topological polar surface area (TPSA) is 40.5 Å². The van der Waals surface area contributed by atoms with E-state index in [-0.39, 0.29) is 11.3 Å². The molecule has 5 heteroatoms. The maximum atomic E-state index is 13.3. The number of aromatic hydroxyl groups is 1. The third kappa shape index (κ3) is 3.18. The van der Waals surface area contributed by atoms with Crippen LogP contribution in [0.25, 0.3) is 0 Å². The molecule has 0 aliphatic carbocycles. The van der Waals surface area contributed by atoms with Crippen molar-refractivity contribution in [2.24, 2.45) is 0 Å². The van der Waals surface area contributed by atoms with E-state index in [1.807, 2.05) is 0 Å². The highest BCUT2D eigenvalue weighted by atomic mass is 19.1. The zero-order valence-electron chi connectivity index (χ0n) is 11.7. The first-order valence-electron chi connectivity index (χ1n) is 6.50. The molecule has 0 heterocycles. The van der Waals surface area contributed by atoms with Crippen molar-refractivity contribution >= 4 is 11.6 Å². The van der Waals surface area contributed by atoms with E-state index in [0.717, 1.165) is 17.7 Å². The van der Waals surface area contributed by atoms with Crippen LogP contribution < -0.4 is 4.90 Å². The van der Waals surface area contributed by atoms with Crippen LogP contribution in [-0.2, 0) is 0 Å². The fraction of sp³-hybridized carbons (Fsp3) is 0.188. The SMILES string of the molecule is CCN(C(=O)c1cc(F)cc(F)c1)c1cc(O)ccc1C. The van der Waals surface area contributed by atoms with Gasteiger partial charge in [-0.2, -0.15) is 0 Å². The van der Waals surface area contributed by atoms with Gasteiger partial charge in [-0.15, -0.1) is 0 Å². The van der Waals surface area contributed by atoms with E-state index >= 15 is 0 Å². The predicted molar refractivity (Wildman–Crippen MR) is 76.6 cm³/mol. The Morgan fingerprint density at radius 1 is 1.14 bits per heavy atom. The van der Waals surface area contributed by atoms with Gasteiger partial charge in [0.25, 0.3) is 5.91 Å². The van der Waals surface area contributed by atoms with Crippen molar-refractivity contribution < 1.29 is 18.7 Å². The molecule has 1 N–H and O–H groups in total. The number of amides is 1. The largest absolute Gasteiger partial charge is 0.508 e. The Kier molecular flexibility index (Phi) is 4.21. The maximum Gasteiger partial charge on any atom is 0.258 e. The molecule has 0 spiro atoms. The highest BCUT2D eigenvalue weighted by Crippen LogP contribution is 2.26. The number of carbonyl (C=O) groups is 1. The molecule has 0 saturated heterocycles. The standard InChI is InChI=1S/C16H15F2NO2/c1-3-19(15-9-14(20)5-4-10(15)2)16(21)11-6-12(17)8-13(18)7-11/h4-9,20H,3H2,1-2H3. The maximum absolute atomic E-state index is 13.3. The summed E-state index contributed by atoms with van der Waals surface area (Å²) in [5.74, 6) is -2.11. The lowest BCUT2D eigenvalue weighted by Gasteiger charge is -2.23. The fourth-order valence-electron chi connectivity index (χ4n) is 2.15. The number of anilines is 1. The third-order valence-corrected chi connectivity index (χ3v) is 3.15. The first-order valence-corrected chi connectivity index (χ1v) is 6.50. The minimum atomic E-state index is -0.804. The van der Waals surface area contributed by atoms with E-state index < -0.39 is 17.5 Å². The van der Waals surface area contributed by atoms with E-state index in [2.05, 4.69) is 0 Å². The summed E-state index contributed by atoms with van der Waals surface area (Å²) >= 11 is 0. The van der Waals surface area contributed by atoms with Crippen LogP contribution in [0, 0.1) is 18.6 Å². The van der Waals surface area contributed by atoms with Gasteiger partial charge in [0.1, 0.15) is 17.4 Å². The lowest BCUT2D eigenvalue weighted by Crippen LogP contribution is -2.31. The molecule has 0 aliphatic heterocycles. The van der Waals surface area contributed by atoms with Crippen molar-refractivity contribution in [3.05, 3.63) is 59.2 Å². The summed E-state index contributed by atoms with van der Waals surface area (Å²) in [6.45, 7) is 3.84. The van der Waals surface area contributed by atoms with E-state index in [1.54, 1.807) is 19.9 Å². The van der Waals surface area contributed by atoms with Gasteiger partial charge in [0, 0.05) is 24.2 Å². The van der Waals surface area contributed by atoms with E-state index in [4.69, 9.17) is 0 Å². The average Bonchev–Trinajstić information content (AvgIpc) is 2.42. The molecule has 2 rings (SSSR count). The summed E-state index contributed by atoms with van der Waals surface area (Å²) < 4.78 is 26.5.